The molecule has 4 nitrogen and oxygen atoms in total. The molecule has 2 aromatic rings. The third kappa shape index (κ3) is 7.81. The summed E-state index contributed by atoms with van der Waals surface area (Å²) in [5.74, 6) is 0.666. The molecule has 3 rings (SSSR count). The molecule has 1 saturated carbocycles. The van der Waals surface area contributed by atoms with Crippen molar-refractivity contribution in [3.8, 4) is 0 Å². The van der Waals surface area contributed by atoms with Gasteiger partial charge in [-0.15, -0.1) is 11.8 Å². The first-order valence-corrected chi connectivity index (χ1v) is 14.0. The second kappa shape index (κ2) is 13.6. The first-order valence-electron chi connectivity index (χ1n) is 11.7. The molecule has 34 heavy (non-hydrogen) atoms. The van der Waals surface area contributed by atoms with Gasteiger partial charge in [0.15, 0.2) is 0 Å². The van der Waals surface area contributed by atoms with Gasteiger partial charge in [0.05, 0.1) is 5.75 Å². The molecular formula is C26H31Cl3N2O2S. The maximum atomic E-state index is 13.4. The number of thioether (sulfide) groups is 1. The molecule has 0 heterocycles. The number of amides is 2. The molecule has 2 amide bonds. The number of carbonyl (C=O) groups excluding carboxylic acids is 2. The number of carbonyl (C=O) groups is 2. The Morgan fingerprint density at radius 3 is 2.38 bits per heavy atom. The van der Waals surface area contributed by atoms with Crippen LogP contribution in [-0.2, 0) is 21.9 Å². The zero-order valence-corrected chi connectivity index (χ0v) is 22.5. The number of nitrogens with zero attached hydrogens (tertiary/aromatic N) is 1. The van der Waals surface area contributed by atoms with Gasteiger partial charge in [0, 0.05) is 39.0 Å². The van der Waals surface area contributed by atoms with Crippen LogP contribution in [0.3, 0.4) is 0 Å². The Labute approximate surface area is 221 Å². The summed E-state index contributed by atoms with van der Waals surface area (Å²) in [7, 11) is 0. The van der Waals surface area contributed by atoms with Crippen LogP contribution in [0.2, 0.25) is 15.1 Å². The molecule has 8 heteroatoms. The number of hydrogen-bond donors (Lipinski definition) is 1. The summed E-state index contributed by atoms with van der Waals surface area (Å²) in [6.07, 6.45) is 5.94. The topological polar surface area (TPSA) is 49.4 Å². The van der Waals surface area contributed by atoms with Crippen LogP contribution in [0, 0.1) is 0 Å². The Balaban J connectivity index is 1.75. The molecule has 0 spiro atoms. The minimum Gasteiger partial charge on any atom is -0.352 e. The van der Waals surface area contributed by atoms with E-state index in [2.05, 4.69) is 5.32 Å². The predicted octanol–water partition coefficient (Wildman–Crippen LogP) is 7.14. The molecule has 1 aliphatic rings. The Morgan fingerprint density at radius 2 is 1.74 bits per heavy atom. The van der Waals surface area contributed by atoms with Crippen molar-refractivity contribution in [1.29, 1.82) is 0 Å². The average molecular weight is 542 g/mol. The highest BCUT2D eigenvalue weighted by molar-refractivity contribution is 7.99. The molecular weight excluding hydrogens is 511 g/mol. The summed E-state index contributed by atoms with van der Waals surface area (Å²) < 4.78 is 0. The molecule has 0 bridgehead atoms. The SMILES string of the molecule is CC[C@H](C(=O)NC1CCCCC1)N(Cc1c(Cl)cccc1Cl)C(=O)CSCc1cccc(Cl)c1. The number of benzene rings is 2. The van der Waals surface area contributed by atoms with Crippen molar-refractivity contribution in [3.05, 3.63) is 68.7 Å². The average Bonchev–Trinajstić information content (AvgIpc) is 2.81. The van der Waals surface area contributed by atoms with Crippen molar-refractivity contribution in [2.75, 3.05) is 5.75 Å². The van der Waals surface area contributed by atoms with Gasteiger partial charge in [-0.25, -0.2) is 0 Å². The fourth-order valence-corrected chi connectivity index (χ4v) is 5.87. The van der Waals surface area contributed by atoms with Gasteiger partial charge >= 0.3 is 0 Å². The van der Waals surface area contributed by atoms with Crippen molar-refractivity contribution in [2.45, 2.75) is 69.8 Å². The van der Waals surface area contributed by atoms with Crippen LogP contribution in [0.5, 0.6) is 0 Å². The Hall–Kier alpha value is -1.40. The van der Waals surface area contributed by atoms with E-state index in [4.69, 9.17) is 34.8 Å². The number of hydrogen-bond acceptors (Lipinski definition) is 3. The molecule has 0 aromatic heterocycles. The van der Waals surface area contributed by atoms with Crippen molar-refractivity contribution in [1.82, 2.24) is 10.2 Å². The van der Waals surface area contributed by atoms with Gasteiger partial charge in [0.2, 0.25) is 11.8 Å². The summed E-state index contributed by atoms with van der Waals surface area (Å²) in [6.45, 7) is 2.12. The molecule has 1 fully saturated rings. The summed E-state index contributed by atoms with van der Waals surface area (Å²) in [6, 6.07) is 12.5. The molecule has 184 valence electrons. The van der Waals surface area contributed by atoms with Gasteiger partial charge in [-0.1, -0.05) is 79.2 Å². The summed E-state index contributed by atoms with van der Waals surface area (Å²) in [5, 5.41) is 4.83. The van der Waals surface area contributed by atoms with Crippen LogP contribution in [0.15, 0.2) is 42.5 Å². The fourth-order valence-electron chi connectivity index (χ4n) is 4.28. The van der Waals surface area contributed by atoms with Gasteiger partial charge in [0.25, 0.3) is 0 Å². The lowest BCUT2D eigenvalue weighted by atomic mass is 9.95. The Morgan fingerprint density at radius 1 is 1.06 bits per heavy atom. The highest BCUT2D eigenvalue weighted by Gasteiger charge is 2.31. The van der Waals surface area contributed by atoms with Crippen LogP contribution in [0.4, 0.5) is 0 Å². The number of halogens is 3. The van der Waals surface area contributed by atoms with E-state index in [1.807, 2.05) is 31.2 Å². The molecule has 0 saturated heterocycles. The predicted molar refractivity (Wildman–Crippen MR) is 144 cm³/mol. The molecule has 0 aliphatic heterocycles. The lowest BCUT2D eigenvalue weighted by Crippen LogP contribution is -2.52. The van der Waals surface area contributed by atoms with Gasteiger partial charge in [-0.05, 0) is 49.1 Å². The van der Waals surface area contributed by atoms with E-state index in [9.17, 15) is 9.59 Å². The molecule has 1 atom stereocenters. The minimum absolute atomic E-state index is 0.106. The van der Waals surface area contributed by atoms with Crippen LogP contribution in [0.1, 0.15) is 56.6 Å². The second-order valence-electron chi connectivity index (χ2n) is 8.61. The number of rotatable bonds is 10. The third-order valence-electron chi connectivity index (χ3n) is 6.11. The van der Waals surface area contributed by atoms with E-state index >= 15 is 0 Å². The Bertz CT molecular complexity index is 962. The largest absolute Gasteiger partial charge is 0.352 e. The van der Waals surface area contributed by atoms with Crippen molar-refractivity contribution in [3.63, 3.8) is 0 Å². The second-order valence-corrected chi connectivity index (χ2v) is 10.8. The van der Waals surface area contributed by atoms with Crippen LogP contribution >= 0.6 is 46.6 Å². The van der Waals surface area contributed by atoms with E-state index in [1.54, 1.807) is 23.1 Å². The van der Waals surface area contributed by atoms with Gasteiger partial charge in [-0.3, -0.25) is 9.59 Å². The molecule has 2 aromatic carbocycles. The lowest BCUT2D eigenvalue weighted by molar-refractivity contribution is -0.139. The zero-order valence-electron chi connectivity index (χ0n) is 19.4. The quantitative estimate of drug-likeness (QED) is 0.348. The maximum Gasteiger partial charge on any atom is 0.243 e. The normalized spacial score (nSPS) is 15.1. The van der Waals surface area contributed by atoms with Crippen molar-refractivity contribution < 1.29 is 9.59 Å². The minimum atomic E-state index is -0.589. The van der Waals surface area contributed by atoms with E-state index < -0.39 is 6.04 Å². The maximum absolute atomic E-state index is 13.4. The number of nitrogens with one attached hydrogen (secondary N) is 1. The van der Waals surface area contributed by atoms with Gasteiger partial charge < -0.3 is 10.2 Å². The van der Waals surface area contributed by atoms with Crippen LogP contribution in [-0.4, -0.2) is 34.6 Å². The van der Waals surface area contributed by atoms with E-state index in [1.165, 1.54) is 18.2 Å². The first kappa shape index (κ1) is 27.2. The van der Waals surface area contributed by atoms with Gasteiger partial charge in [-0.2, -0.15) is 0 Å². The summed E-state index contributed by atoms with van der Waals surface area (Å²) >= 11 is 20.4. The highest BCUT2D eigenvalue weighted by atomic mass is 35.5. The standard InChI is InChI=1S/C26H31Cl3N2O2S/c1-2-24(26(33)30-20-10-4-3-5-11-20)31(15-21-22(28)12-7-13-23(21)29)25(32)17-34-16-18-8-6-9-19(27)14-18/h6-9,12-14,20,24H,2-5,10-11,15-17H2,1H3,(H,30,33)/t24-/m1/s1. The smallest absolute Gasteiger partial charge is 0.243 e. The van der Waals surface area contributed by atoms with Crippen LogP contribution in [0.25, 0.3) is 0 Å². The lowest BCUT2D eigenvalue weighted by Gasteiger charge is -2.33. The monoisotopic (exact) mass is 540 g/mol. The van der Waals surface area contributed by atoms with Crippen LogP contribution < -0.4 is 5.32 Å². The molecule has 0 unspecified atom stereocenters. The first-order chi connectivity index (χ1) is 16.4. The Kier molecular flexibility index (Phi) is 10.9. The van der Waals surface area contributed by atoms with E-state index in [0.29, 0.717) is 32.8 Å². The molecule has 0 radical (unpaired) electrons. The molecule has 1 N–H and O–H groups in total. The van der Waals surface area contributed by atoms with E-state index in [-0.39, 0.29) is 30.2 Å². The molecule has 1 aliphatic carbocycles. The third-order valence-corrected chi connectivity index (χ3v) is 8.04. The fraction of sp³-hybridized carbons (Fsp3) is 0.462. The highest BCUT2D eigenvalue weighted by Crippen LogP contribution is 2.28. The zero-order chi connectivity index (χ0) is 24.5. The van der Waals surface area contributed by atoms with Gasteiger partial charge in [0.1, 0.15) is 6.04 Å². The summed E-state index contributed by atoms with van der Waals surface area (Å²) in [5.41, 5.74) is 1.70. The van der Waals surface area contributed by atoms with Crippen molar-refractivity contribution >= 4 is 58.4 Å². The van der Waals surface area contributed by atoms with Crippen molar-refractivity contribution in [2.24, 2.45) is 0 Å². The summed E-state index contributed by atoms with van der Waals surface area (Å²) in [4.78, 5) is 28.4. The van der Waals surface area contributed by atoms with E-state index in [0.717, 1.165) is 31.2 Å².